The number of aromatic nitrogens is 5. The molecule has 2 fully saturated rings. The minimum absolute atomic E-state index is 0.102. The molecule has 0 bridgehead atoms. The summed E-state index contributed by atoms with van der Waals surface area (Å²) in [6.07, 6.45) is 7.13. The Morgan fingerprint density at radius 3 is 2.70 bits per heavy atom. The molecular formula is C21H33N7O2. The van der Waals surface area contributed by atoms with E-state index in [4.69, 9.17) is 4.74 Å². The SMILES string of the molecule is CO[C@@H]1C[C@H]2CN(C(=O)CCc3ccnn3C)C[C@H]2C[C@H]1n1cc(CN(C)C)nn1. The molecule has 1 aliphatic carbocycles. The number of hydrogen-bond donors (Lipinski definition) is 0. The Labute approximate surface area is 178 Å². The lowest BCUT2D eigenvalue weighted by Gasteiger charge is -2.36. The lowest BCUT2D eigenvalue weighted by Crippen LogP contribution is -2.37. The van der Waals surface area contributed by atoms with Crippen molar-refractivity contribution in [2.75, 3.05) is 34.3 Å². The number of methoxy groups -OCH3 is 1. The fraction of sp³-hybridized carbons (Fsp3) is 0.714. The summed E-state index contributed by atoms with van der Waals surface area (Å²) in [6, 6.07) is 2.15. The van der Waals surface area contributed by atoms with E-state index in [0.29, 0.717) is 18.3 Å². The quantitative estimate of drug-likeness (QED) is 0.674. The Morgan fingerprint density at radius 2 is 2.03 bits per heavy atom. The Bertz CT molecular complexity index is 861. The van der Waals surface area contributed by atoms with Crippen molar-refractivity contribution in [3.8, 4) is 0 Å². The third-order valence-electron chi connectivity index (χ3n) is 6.63. The van der Waals surface area contributed by atoms with Gasteiger partial charge in [-0.05, 0) is 51.3 Å². The maximum atomic E-state index is 12.8. The van der Waals surface area contributed by atoms with Crippen molar-refractivity contribution in [3.05, 3.63) is 29.8 Å². The molecule has 0 N–H and O–H groups in total. The van der Waals surface area contributed by atoms with Crippen LogP contribution in [0.25, 0.3) is 0 Å². The number of amides is 1. The number of carbonyl (C=O) groups excluding carboxylic acids is 1. The van der Waals surface area contributed by atoms with Crippen molar-refractivity contribution in [2.24, 2.45) is 18.9 Å². The predicted octanol–water partition coefficient (Wildman–Crippen LogP) is 1.13. The van der Waals surface area contributed by atoms with Crippen LogP contribution in [0.15, 0.2) is 18.5 Å². The van der Waals surface area contributed by atoms with Gasteiger partial charge in [-0.1, -0.05) is 5.21 Å². The molecule has 9 nitrogen and oxygen atoms in total. The fourth-order valence-corrected chi connectivity index (χ4v) is 5.04. The average Bonchev–Trinajstić information content (AvgIpc) is 3.44. The second-order valence-corrected chi connectivity index (χ2v) is 9.01. The molecule has 3 heterocycles. The highest BCUT2D eigenvalue weighted by Gasteiger charge is 2.44. The summed E-state index contributed by atoms with van der Waals surface area (Å²) >= 11 is 0. The lowest BCUT2D eigenvalue weighted by atomic mass is 9.77. The molecule has 1 aliphatic heterocycles. The Kier molecular flexibility index (Phi) is 6.19. The van der Waals surface area contributed by atoms with Gasteiger partial charge in [0.2, 0.25) is 5.91 Å². The molecule has 164 valence electrons. The maximum Gasteiger partial charge on any atom is 0.222 e. The highest BCUT2D eigenvalue weighted by atomic mass is 16.5. The van der Waals surface area contributed by atoms with Crippen molar-refractivity contribution in [3.63, 3.8) is 0 Å². The number of hydrogen-bond acceptors (Lipinski definition) is 6. The fourth-order valence-electron chi connectivity index (χ4n) is 5.04. The topological polar surface area (TPSA) is 81.3 Å². The molecule has 1 saturated carbocycles. The Hall–Kier alpha value is -2.26. The monoisotopic (exact) mass is 415 g/mol. The molecule has 0 aromatic carbocycles. The van der Waals surface area contributed by atoms with E-state index in [0.717, 1.165) is 50.3 Å². The first-order valence-electron chi connectivity index (χ1n) is 10.8. The number of ether oxygens (including phenoxy) is 1. The van der Waals surface area contributed by atoms with Crippen LogP contribution in [0.5, 0.6) is 0 Å². The van der Waals surface area contributed by atoms with Crippen molar-refractivity contribution in [1.82, 2.24) is 34.6 Å². The van der Waals surface area contributed by atoms with Crippen LogP contribution in [0, 0.1) is 11.8 Å². The molecule has 0 radical (unpaired) electrons. The second-order valence-electron chi connectivity index (χ2n) is 9.01. The highest BCUT2D eigenvalue weighted by molar-refractivity contribution is 5.76. The van der Waals surface area contributed by atoms with Gasteiger partial charge in [0.1, 0.15) is 0 Å². The van der Waals surface area contributed by atoms with Crippen LogP contribution in [0.2, 0.25) is 0 Å². The van der Waals surface area contributed by atoms with Gasteiger partial charge in [0.25, 0.3) is 0 Å². The van der Waals surface area contributed by atoms with Gasteiger partial charge in [-0.3, -0.25) is 9.48 Å². The van der Waals surface area contributed by atoms with E-state index in [9.17, 15) is 4.79 Å². The summed E-state index contributed by atoms with van der Waals surface area (Å²) in [5.41, 5.74) is 2.06. The van der Waals surface area contributed by atoms with Gasteiger partial charge in [-0.25, -0.2) is 4.68 Å². The first-order chi connectivity index (χ1) is 14.4. The van der Waals surface area contributed by atoms with E-state index in [1.807, 2.05) is 42.8 Å². The predicted molar refractivity (Wildman–Crippen MR) is 112 cm³/mol. The first kappa shape index (κ1) is 21.0. The number of fused-ring (bicyclic) bond motifs is 1. The van der Waals surface area contributed by atoms with Gasteiger partial charge in [-0.2, -0.15) is 5.10 Å². The van der Waals surface area contributed by atoms with Crippen LogP contribution in [-0.2, 0) is 29.5 Å². The molecule has 1 amide bonds. The molecule has 2 aliphatic rings. The molecular weight excluding hydrogens is 382 g/mol. The molecule has 1 saturated heterocycles. The van der Waals surface area contributed by atoms with E-state index in [1.165, 1.54) is 0 Å². The van der Waals surface area contributed by atoms with Gasteiger partial charge in [-0.15, -0.1) is 5.10 Å². The molecule has 2 aromatic rings. The van der Waals surface area contributed by atoms with Gasteiger partial charge in [0.15, 0.2) is 0 Å². The molecule has 4 atom stereocenters. The van der Waals surface area contributed by atoms with Gasteiger partial charge in [0, 0.05) is 52.1 Å². The standard InChI is InChI=1S/C21H33N7O2/c1-25(2)13-17-14-28(24-23-17)19-9-15-11-27(12-16(15)10-20(19)30-4)21(29)6-5-18-7-8-22-26(18)3/h7-8,14-16,19-20H,5-6,9-13H2,1-4H3/t15-,16+,19-,20-/m1/s1. The van der Waals surface area contributed by atoms with E-state index < -0.39 is 0 Å². The second kappa shape index (κ2) is 8.85. The zero-order valence-electron chi connectivity index (χ0n) is 18.4. The van der Waals surface area contributed by atoms with E-state index >= 15 is 0 Å². The van der Waals surface area contributed by atoms with Crippen LogP contribution < -0.4 is 0 Å². The van der Waals surface area contributed by atoms with Crippen molar-refractivity contribution >= 4 is 5.91 Å². The average molecular weight is 416 g/mol. The Morgan fingerprint density at radius 1 is 1.27 bits per heavy atom. The minimum atomic E-state index is 0.102. The summed E-state index contributed by atoms with van der Waals surface area (Å²) in [5.74, 6) is 1.23. The van der Waals surface area contributed by atoms with Crippen molar-refractivity contribution in [1.29, 1.82) is 0 Å². The summed E-state index contributed by atoms with van der Waals surface area (Å²) in [5, 5.41) is 12.9. The van der Waals surface area contributed by atoms with E-state index in [1.54, 1.807) is 13.3 Å². The van der Waals surface area contributed by atoms with E-state index in [-0.39, 0.29) is 18.1 Å². The van der Waals surface area contributed by atoms with Gasteiger partial charge >= 0.3 is 0 Å². The Balaban J connectivity index is 1.38. The molecule has 9 heteroatoms. The van der Waals surface area contributed by atoms with Crippen LogP contribution >= 0.6 is 0 Å². The van der Waals surface area contributed by atoms with Crippen LogP contribution in [0.3, 0.4) is 0 Å². The van der Waals surface area contributed by atoms with Crippen molar-refractivity contribution in [2.45, 2.75) is 44.4 Å². The normalized spacial score (nSPS) is 26.4. The zero-order chi connectivity index (χ0) is 21.3. The number of rotatable bonds is 7. The molecule has 4 rings (SSSR count). The molecule has 30 heavy (non-hydrogen) atoms. The number of aryl methyl sites for hydroxylation is 2. The lowest BCUT2D eigenvalue weighted by molar-refractivity contribution is -0.130. The number of carbonyl (C=O) groups is 1. The largest absolute Gasteiger partial charge is 0.379 e. The first-order valence-corrected chi connectivity index (χ1v) is 10.8. The molecule has 0 unspecified atom stereocenters. The summed E-state index contributed by atoms with van der Waals surface area (Å²) in [4.78, 5) is 17.0. The highest BCUT2D eigenvalue weighted by Crippen LogP contribution is 2.42. The minimum Gasteiger partial charge on any atom is -0.379 e. The van der Waals surface area contributed by atoms with Crippen molar-refractivity contribution < 1.29 is 9.53 Å². The third-order valence-corrected chi connectivity index (χ3v) is 6.63. The molecule has 2 aromatic heterocycles. The summed E-state index contributed by atoms with van der Waals surface area (Å²) in [6.45, 7) is 2.45. The summed E-state index contributed by atoms with van der Waals surface area (Å²) < 4.78 is 9.67. The number of likely N-dealkylation sites (tertiary alicyclic amines) is 1. The van der Waals surface area contributed by atoms with Gasteiger partial charge in [0.05, 0.1) is 24.0 Å². The van der Waals surface area contributed by atoms with Gasteiger partial charge < -0.3 is 14.5 Å². The van der Waals surface area contributed by atoms with Crippen LogP contribution in [0.4, 0.5) is 0 Å². The zero-order valence-corrected chi connectivity index (χ0v) is 18.4. The maximum absolute atomic E-state index is 12.8. The molecule has 0 spiro atoms. The smallest absolute Gasteiger partial charge is 0.222 e. The van der Waals surface area contributed by atoms with E-state index in [2.05, 4.69) is 25.2 Å². The third kappa shape index (κ3) is 4.41. The number of nitrogens with zero attached hydrogens (tertiary/aromatic N) is 7. The van der Waals surface area contributed by atoms with Crippen LogP contribution in [-0.4, -0.2) is 80.9 Å². The summed E-state index contributed by atoms with van der Waals surface area (Å²) in [7, 11) is 7.76. The van der Waals surface area contributed by atoms with Crippen LogP contribution in [0.1, 0.15) is 36.7 Å².